The number of carbonyl (C=O) groups excluding carboxylic acids is 1. The molecule has 4 rings (SSSR count). The van der Waals surface area contributed by atoms with Crippen molar-refractivity contribution in [3.63, 3.8) is 0 Å². The third kappa shape index (κ3) is 3.76. The van der Waals surface area contributed by atoms with E-state index in [4.69, 9.17) is 9.72 Å². The summed E-state index contributed by atoms with van der Waals surface area (Å²) in [4.78, 5) is 20.1. The number of methoxy groups -OCH3 is 1. The van der Waals surface area contributed by atoms with Crippen LogP contribution in [-0.2, 0) is 20.1 Å². The van der Waals surface area contributed by atoms with Gasteiger partial charge in [0.15, 0.2) is 5.65 Å². The molecule has 0 atom stereocenters. The molecule has 0 saturated heterocycles. The van der Waals surface area contributed by atoms with Crippen molar-refractivity contribution in [2.45, 2.75) is 26.9 Å². The first-order valence-electron chi connectivity index (χ1n) is 10.2. The van der Waals surface area contributed by atoms with E-state index in [-0.39, 0.29) is 5.91 Å². The van der Waals surface area contributed by atoms with Crippen LogP contribution in [0.1, 0.15) is 28.7 Å². The number of aryl methyl sites for hydroxylation is 3. The number of nitrogens with zero attached hydrogens (tertiary/aromatic N) is 6. The summed E-state index contributed by atoms with van der Waals surface area (Å²) in [5.41, 5.74) is 4.66. The van der Waals surface area contributed by atoms with Crippen molar-refractivity contribution in [1.29, 1.82) is 0 Å². The summed E-state index contributed by atoms with van der Waals surface area (Å²) in [6, 6.07) is 11.4. The van der Waals surface area contributed by atoms with Crippen LogP contribution in [0.25, 0.3) is 22.3 Å². The molecule has 0 fully saturated rings. The molecule has 0 aliphatic carbocycles. The number of benzene rings is 1. The van der Waals surface area contributed by atoms with E-state index in [1.807, 2.05) is 62.0 Å². The molecule has 0 N–H and O–H groups in total. The van der Waals surface area contributed by atoms with Crippen molar-refractivity contribution in [2.75, 3.05) is 14.2 Å². The molecule has 160 valence electrons. The molecule has 0 radical (unpaired) electrons. The van der Waals surface area contributed by atoms with E-state index in [1.54, 1.807) is 29.9 Å². The molecule has 0 spiro atoms. The Morgan fingerprint density at radius 1 is 1.19 bits per heavy atom. The predicted molar refractivity (Wildman–Crippen MR) is 119 cm³/mol. The Morgan fingerprint density at radius 3 is 2.61 bits per heavy atom. The molecule has 0 saturated carbocycles. The Bertz CT molecular complexity index is 1240. The molecule has 0 unspecified atom stereocenters. The van der Waals surface area contributed by atoms with Gasteiger partial charge >= 0.3 is 0 Å². The van der Waals surface area contributed by atoms with Crippen LogP contribution in [0.15, 0.2) is 42.6 Å². The number of aromatic nitrogens is 5. The smallest absolute Gasteiger partial charge is 0.254 e. The zero-order valence-electron chi connectivity index (χ0n) is 18.5. The van der Waals surface area contributed by atoms with E-state index in [0.717, 1.165) is 34.6 Å². The van der Waals surface area contributed by atoms with Gasteiger partial charge in [-0.1, -0.05) is 0 Å². The standard InChI is InChI=1S/C23H26N6O2/c1-6-29-17(11-12-24-29)14-27(3)23(30)19-13-20(16-7-9-18(31-5)10-8-16)25-22-21(19)15(2)26-28(22)4/h7-13H,6,14H2,1-5H3. The Hall–Kier alpha value is -3.68. The van der Waals surface area contributed by atoms with Gasteiger partial charge in [-0.15, -0.1) is 0 Å². The SMILES string of the molecule is CCn1nccc1CN(C)C(=O)c1cc(-c2ccc(OC)cc2)nc2c1c(C)nn2C. The predicted octanol–water partition coefficient (Wildman–Crippen LogP) is 3.44. The van der Waals surface area contributed by atoms with Crippen LogP contribution in [0, 0.1) is 6.92 Å². The van der Waals surface area contributed by atoms with E-state index < -0.39 is 0 Å². The maximum Gasteiger partial charge on any atom is 0.254 e. The molecule has 1 aromatic carbocycles. The molecular weight excluding hydrogens is 392 g/mol. The topological polar surface area (TPSA) is 78.1 Å². The van der Waals surface area contributed by atoms with Crippen LogP contribution >= 0.6 is 0 Å². The number of amides is 1. The van der Waals surface area contributed by atoms with Crippen LogP contribution < -0.4 is 4.74 Å². The van der Waals surface area contributed by atoms with E-state index in [0.29, 0.717) is 23.4 Å². The fraction of sp³-hybridized carbons (Fsp3) is 0.304. The quantitative estimate of drug-likeness (QED) is 0.479. The first kappa shape index (κ1) is 20.6. The number of fused-ring (bicyclic) bond motifs is 1. The zero-order valence-corrected chi connectivity index (χ0v) is 18.5. The van der Waals surface area contributed by atoms with Crippen molar-refractivity contribution in [1.82, 2.24) is 29.4 Å². The second-order valence-electron chi connectivity index (χ2n) is 7.49. The van der Waals surface area contributed by atoms with E-state index in [9.17, 15) is 4.79 Å². The van der Waals surface area contributed by atoms with E-state index in [1.165, 1.54) is 0 Å². The highest BCUT2D eigenvalue weighted by atomic mass is 16.5. The summed E-state index contributed by atoms with van der Waals surface area (Å²) >= 11 is 0. The first-order valence-corrected chi connectivity index (χ1v) is 10.2. The van der Waals surface area contributed by atoms with Crippen molar-refractivity contribution >= 4 is 16.9 Å². The van der Waals surface area contributed by atoms with Gasteiger partial charge in [0, 0.05) is 32.4 Å². The monoisotopic (exact) mass is 418 g/mol. The minimum absolute atomic E-state index is 0.0814. The van der Waals surface area contributed by atoms with Crippen LogP contribution in [0.3, 0.4) is 0 Å². The van der Waals surface area contributed by atoms with Crippen molar-refractivity contribution < 1.29 is 9.53 Å². The summed E-state index contributed by atoms with van der Waals surface area (Å²) < 4.78 is 8.87. The fourth-order valence-corrected chi connectivity index (χ4v) is 3.82. The summed E-state index contributed by atoms with van der Waals surface area (Å²) in [6.07, 6.45) is 1.76. The van der Waals surface area contributed by atoms with Gasteiger partial charge in [0.25, 0.3) is 5.91 Å². The van der Waals surface area contributed by atoms with E-state index >= 15 is 0 Å². The zero-order chi connectivity index (χ0) is 22.1. The number of hydrogen-bond acceptors (Lipinski definition) is 5. The normalized spacial score (nSPS) is 11.1. The fourth-order valence-electron chi connectivity index (χ4n) is 3.82. The number of rotatable bonds is 6. The second-order valence-corrected chi connectivity index (χ2v) is 7.49. The molecule has 0 bridgehead atoms. The van der Waals surface area contributed by atoms with Crippen LogP contribution in [-0.4, -0.2) is 49.5 Å². The first-order chi connectivity index (χ1) is 14.9. The number of carbonyl (C=O) groups is 1. The van der Waals surface area contributed by atoms with Crippen molar-refractivity contribution in [2.24, 2.45) is 7.05 Å². The highest BCUT2D eigenvalue weighted by molar-refractivity contribution is 6.07. The molecule has 3 aromatic heterocycles. The van der Waals surface area contributed by atoms with Crippen LogP contribution in [0.5, 0.6) is 5.75 Å². The Labute approximate surface area is 181 Å². The summed E-state index contributed by atoms with van der Waals surface area (Å²) in [5.74, 6) is 0.687. The molecule has 1 amide bonds. The molecule has 8 nitrogen and oxygen atoms in total. The Morgan fingerprint density at radius 2 is 1.94 bits per heavy atom. The molecule has 3 heterocycles. The van der Waals surface area contributed by atoms with Gasteiger partial charge in [-0.3, -0.25) is 14.2 Å². The maximum atomic E-state index is 13.5. The van der Waals surface area contributed by atoms with Crippen molar-refractivity contribution in [3.8, 4) is 17.0 Å². The minimum Gasteiger partial charge on any atom is -0.497 e. The van der Waals surface area contributed by atoms with E-state index in [2.05, 4.69) is 10.2 Å². The molecule has 0 aliphatic heterocycles. The van der Waals surface area contributed by atoms with Crippen LogP contribution in [0.2, 0.25) is 0 Å². The van der Waals surface area contributed by atoms with Gasteiger partial charge in [0.05, 0.1) is 41.7 Å². The second kappa shape index (κ2) is 8.22. The van der Waals surface area contributed by atoms with Gasteiger partial charge in [-0.05, 0) is 50.2 Å². The van der Waals surface area contributed by atoms with Gasteiger partial charge in [0.2, 0.25) is 0 Å². The summed E-state index contributed by atoms with van der Waals surface area (Å²) in [7, 11) is 5.28. The lowest BCUT2D eigenvalue weighted by molar-refractivity contribution is 0.0783. The highest BCUT2D eigenvalue weighted by Gasteiger charge is 2.22. The number of ether oxygens (including phenoxy) is 1. The third-order valence-corrected chi connectivity index (χ3v) is 5.43. The average Bonchev–Trinajstić information content (AvgIpc) is 3.35. The molecular formula is C23H26N6O2. The molecule has 0 aliphatic rings. The maximum absolute atomic E-state index is 13.5. The van der Waals surface area contributed by atoms with Gasteiger partial charge in [-0.2, -0.15) is 10.2 Å². The lowest BCUT2D eigenvalue weighted by atomic mass is 10.0. The lowest BCUT2D eigenvalue weighted by Gasteiger charge is -2.19. The Balaban J connectivity index is 1.78. The number of pyridine rings is 1. The van der Waals surface area contributed by atoms with Gasteiger partial charge in [0.1, 0.15) is 5.75 Å². The van der Waals surface area contributed by atoms with Gasteiger partial charge in [-0.25, -0.2) is 4.98 Å². The molecule has 4 aromatic rings. The number of hydrogen-bond donors (Lipinski definition) is 0. The molecule has 31 heavy (non-hydrogen) atoms. The Kier molecular flexibility index (Phi) is 5.46. The lowest BCUT2D eigenvalue weighted by Crippen LogP contribution is -2.28. The average molecular weight is 419 g/mol. The summed E-state index contributed by atoms with van der Waals surface area (Å²) in [6.45, 7) is 5.16. The third-order valence-electron chi connectivity index (χ3n) is 5.43. The molecule has 8 heteroatoms. The largest absolute Gasteiger partial charge is 0.497 e. The highest BCUT2D eigenvalue weighted by Crippen LogP contribution is 2.29. The van der Waals surface area contributed by atoms with Gasteiger partial charge < -0.3 is 9.64 Å². The minimum atomic E-state index is -0.0814. The summed E-state index contributed by atoms with van der Waals surface area (Å²) in [5, 5.41) is 9.59. The van der Waals surface area contributed by atoms with Crippen molar-refractivity contribution in [3.05, 3.63) is 59.5 Å². The van der Waals surface area contributed by atoms with Crippen LogP contribution in [0.4, 0.5) is 0 Å².